The standard InChI is InChI=1S/C12H18F2N2O3S/c1-8(5-6-19-2)16-20(17,18)11-4-3-10(13)9(7-15)12(11)14/h3-4,8,16H,5-7,15H2,1-2H3. The van der Waals surface area contributed by atoms with Gasteiger partial charge in [-0.15, -0.1) is 0 Å². The fraction of sp³-hybridized carbons (Fsp3) is 0.500. The van der Waals surface area contributed by atoms with Gasteiger partial charge in [0.05, 0.1) is 0 Å². The second kappa shape index (κ2) is 7.07. The minimum absolute atomic E-state index is 0.365. The summed E-state index contributed by atoms with van der Waals surface area (Å²) < 4.78 is 58.5. The number of nitrogens with one attached hydrogen (secondary N) is 1. The van der Waals surface area contributed by atoms with E-state index < -0.39 is 44.7 Å². The van der Waals surface area contributed by atoms with Crippen LogP contribution in [0.3, 0.4) is 0 Å². The van der Waals surface area contributed by atoms with Crippen LogP contribution in [0.2, 0.25) is 0 Å². The molecule has 114 valence electrons. The van der Waals surface area contributed by atoms with Gasteiger partial charge in [0.15, 0.2) is 5.82 Å². The largest absolute Gasteiger partial charge is 0.385 e. The van der Waals surface area contributed by atoms with Crippen LogP contribution in [-0.2, 0) is 21.3 Å². The molecule has 1 rings (SSSR count). The third-order valence-electron chi connectivity index (χ3n) is 2.76. The van der Waals surface area contributed by atoms with Crippen molar-refractivity contribution in [1.29, 1.82) is 0 Å². The maximum absolute atomic E-state index is 14.0. The van der Waals surface area contributed by atoms with E-state index >= 15 is 0 Å². The molecule has 0 radical (unpaired) electrons. The Labute approximate surface area is 117 Å². The lowest BCUT2D eigenvalue weighted by Gasteiger charge is -2.15. The Morgan fingerprint density at radius 3 is 2.60 bits per heavy atom. The molecule has 0 saturated carbocycles. The minimum Gasteiger partial charge on any atom is -0.385 e. The van der Waals surface area contributed by atoms with Crippen LogP contribution in [0.4, 0.5) is 8.78 Å². The van der Waals surface area contributed by atoms with Crippen molar-refractivity contribution in [2.24, 2.45) is 5.73 Å². The maximum Gasteiger partial charge on any atom is 0.243 e. The van der Waals surface area contributed by atoms with Gasteiger partial charge in [-0.25, -0.2) is 21.9 Å². The lowest BCUT2D eigenvalue weighted by atomic mass is 10.2. The summed E-state index contributed by atoms with van der Waals surface area (Å²) in [4.78, 5) is -0.608. The molecule has 0 aliphatic rings. The van der Waals surface area contributed by atoms with Crippen molar-refractivity contribution in [1.82, 2.24) is 4.72 Å². The van der Waals surface area contributed by atoms with Crippen molar-refractivity contribution in [2.75, 3.05) is 13.7 Å². The topological polar surface area (TPSA) is 81.4 Å². The van der Waals surface area contributed by atoms with Gasteiger partial charge in [0.1, 0.15) is 10.7 Å². The van der Waals surface area contributed by atoms with Crippen molar-refractivity contribution >= 4 is 10.0 Å². The second-order valence-corrected chi connectivity index (χ2v) is 6.03. The predicted molar refractivity (Wildman–Crippen MR) is 70.5 cm³/mol. The summed E-state index contributed by atoms with van der Waals surface area (Å²) >= 11 is 0. The molecular weight excluding hydrogens is 290 g/mol. The summed E-state index contributed by atoms with van der Waals surface area (Å²) in [5, 5.41) is 0. The van der Waals surface area contributed by atoms with Gasteiger partial charge in [-0.1, -0.05) is 0 Å². The first-order chi connectivity index (χ1) is 9.33. The van der Waals surface area contributed by atoms with E-state index in [1.54, 1.807) is 6.92 Å². The molecule has 0 heterocycles. The molecule has 0 bridgehead atoms. The third kappa shape index (κ3) is 3.95. The van der Waals surface area contributed by atoms with Crippen LogP contribution in [0.1, 0.15) is 18.9 Å². The highest BCUT2D eigenvalue weighted by Gasteiger charge is 2.24. The zero-order valence-corrected chi connectivity index (χ0v) is 12.1. The van der Waals surface area contributed by atoms with Crippen molar-refractivity contribution in [3.05, 3.63) is 29.3 Å². The van der Waals surface area contributed by atoms with Gasteiger partial charge >= 0.3 is 0 Å². The number of benzene rings is 1. The Balaban J connectivity index is 3.04. The van der Waals surface area contributed by atoms with Crippen molar-refractivity contribution in [2.45, 2.75) is 30.8 Å². The quantitative estimate of drug-likeness (QED) is 0.791. The van der Waals surface area contributed by atoms with Crippen molar-refractivity contribution in [3.63, 3.8) is 0 Å². The van der Waals surface area contributed by atoms with Gasteiger partial charge in [0, 0.05) is 31.9 Å². The molecule has 0 fully saturated rings. The first-order valence-electron chi connectivity index (χ1n) is 6.01. The normalized spacial score (nSPS) is 13.4. The first kappa shape index (κ1) is 17.0. The average Bonchev–Trinajstić information content (AvgIpc) is 2.36. The molecule has 0 spiro atoms. The molecule has 1 atom stereocenters. The van der Waals surface area contributed by atoms with E-state index in [0.717, 1.165) is 12.1 Å². The lowest BCUT2D eigenvalue weighted by Crippen LogP contribution is -2.34. The second-order valence-electron chi connectivity index (χ2n) is 4.35. The summed E-state index contributed by atoms with van der Waals surface area (Å²) in [6, 6.07) is 1.33. The van der Waals surface area contributed by atoms with Gasteiger partial charge < -0.3 is 10.5 Å². The maximum atomic E-state index is 14.0. The van der Waals surface area contributed by atoms with E-state index in [1.807, 2.05) is 0 Å². The Bertz CT molecular complexity index is 564. The Morgan fingerprint density at radius 2 is 2.05 bits per heavy atom. The Morgan fingerprint density at radius 1 is 1.40 bits per heavy atom. The number of rotatable bonds is 7. The molecule has 0 aliphatic heterocycles. The molecule has 8 heteroatoms. The predicted octanol–water partition coefficient (Wildman–Crippen LogP) is 1.13. The van der Waals surface area contributed by atoms with Crippen molar-refractivity contribution < 1.29 is 21.9 Å². The fourth-order valence-electron chi connectivity index (χ4n) is 1.65. The van der Waals surface area contributed by atoms with E-state index in [-0.39, 0.29) is 0 Å². The number of ether oxygens (including phenoxy) is 1. The fourth-order valence-corrected chi connectivity index (χ4v) is 3.03. The molecule has 0 aliphatic carbocycles. The SMILES string of the molecule is COCCC(C)NS(=O)(=O)c1ccc(F)c(CN)c1F. The van der Waals surface area contributed by atoms with Gasteiger partial charge in [-0.3, -0.25) is 0 Å². The zero-order chi connectivity index (χ0) is 15.3. The number of nitrogens with two attached hydrogens (primary N) is 1. The van der Waals surface area contributed by atoms with E-state index in [2.05, 4.69) is 4.72 Å². The van der Waals surface area contributed by atoms with Gasteiger partial charge in [-0.2, -0.15) is 0 Å². The summed E-state index contributed by atoms with van der Waals surface area (Å²) in [6.45, 7) is 1.58. The zero-order valence-electron chi connectivity index (χ0n) is 11.3. The first-order valence-corrected chi connectivity index (χ1v) is 7.50. The smallest absolute Gasteiger partial charge is 0.243 e. The monoisotopic (exact) mass is 308 g/mol. The van der Waals surface area contributed by atoms with Crippen LogP contribution >= 0.6 is 0 Å². The highest BCUT2D eigenvalue weighted by Crippen LogP contribution is 2.21. The number of sulfonamides is 1. The molecule has 20 heavy (non-hydrogen) atoms. The highest BCUT2D eigenvalue weighted by molar-refractivity contribution is 7.89. The number of halogens is 2. The summed E-state index contributed by atoms with van der Waals surface area (Å²) in [5.41, 5.74) is 4.77. The van der Waals surface area contributed by atoms with E-state index in [1.165, 1.54) is 7.11 Å². The molecular formula is C12H18F2N2O3S. The van der Waals surface area contributed by atoms with E-state index in [0.29, 0.717) is 13.0 Å². The van der Waals surface area contributed by atoms with E-state index in [4.69, 9.17) is 10.5 Å². The molecule has 5 nitrogen and oxygen atoms in total. The van der Waals surface area contributed by atoms with Crippen molar-refractivity contribution in [3.8, 4) is 0 Å². The Hall–Kier alpha value is -1.09. The third-order valence-corrected chi connectivity index (χ3v) is 4.36. The van der Waals surface area contributed by atoms with Gasteiger partial charge in [0.25, 0.3) is 0 Å². The van der Waals surface area contributed by atoms with Gasteiger partial charge in [-0.05, 0) is 25.5 Å². The van der Waals surface area contributed by atoms with Crippen LogP contribution in [0.15, 0.2) is 17.0 Å². The average molecular weight is 308 g/mol. The van der Waals surface area contributed by atoms with Crippen LogP contribution in [0.25, 0.3) is 0 Å². The Kier molecular flexibility index (Phi) is 6.00. The van der Waals surface area contributed by atoms with Crippen LogP contribution in [-0.4, -0.2) is 28.2 Å². The highest BCUT2D eigenvalue weighted by atomic mass is 32.2. The minimum atomic E-state index is -4.07. The molecule has 1 unspecified atom stereocenters. The number of hydrogen-bond acceptors (Lipinski definition) is 4. The molecule has 0 saturated heterocycles. The van der Waals surface area contributed by atoms with Gasteiger partial charge in [0.2, 0.25) is 10.0 Å². The summed E-state index contributed by atoms with van der Waals surface area (Å²) in [6.07, 6.45) is 0.433. The summed E-state index contributed by atoms with van der Waals surface area (Å²) in [7, 11) is -2.58. The molecule has 1 aromatic carbocycles. The molecule has 3 N–H and O–H groups in total. The number of methoxy groups -OCH3 is 1. The van der Waals surface area contributed by atoms with Crippen LogP contribution < -0.4 is 10.5 Å². The lowest BCUT2D eigenvalue weighted by molar-refractivity contribution is 0.188. The molecule has 1 aromatic rings. The number of hydrogen-bond donors (Lipinski definition) is 2. The molecule has 0 amide bonds. The summed E-state index contributed by atoms with van der Waals surface area (Å²) in [5.74, 6) is -2.02. The van der Waals surface area contributed by atoms with Crippen LogP contribution in [0, 0.1) is 11.6 Å². The van der Waals surface area contributed by atoms with Crippen LogP contribution in [0.5, 0.6) is 0 Å². The van der Waals surface area contributed by atoms with E-state index in [9.17, 15) is 17.2 Å². The molecule has 0 aromatic heterocycles.